The summed E-state index contributed by atoms with van der Waals surface area (Å²) < 4.78 is 11.4. The maximum atomic E-state index is 13.0. The quantitative estimate of drug-likeness (QED) is 0.594. The molecule has 27 heavy (non-hydrogen) atoms. The first-order valence-corrected chi connectivity index (χ1v) is 10.4. The Morgan fingerprint density at radius 3 is 1.85 bits per heavy atom. The SMILES string of the molecule is CC(C)(C)OC(=O)N1CCCC[C@]2(CCCCCN2C(=O)OC(C)(C)C)C1. The minimum Gasteiger partial charge on any atom is -0.444 e. The molecule has 1 atom stereocenters. The number of hydrogen-bond acceptors (Lipinski definition) is 4. The zero-order valence-electron chi connectivity index (χ0n) is 18.1. The summed E-state index contributed by atoms with van der Waals surface area (Å²) in [5, 5.41) is 0. The van der Waals surface area contributed by atoms with Gasteiger partial charge in [0.2, 0.25) is 0 Å². The van der Waals surface area contributed by atoms with Crippen LogP contribution in [0.25, 0.3) is 0 Å². The second-order valence-corrected chi connectivity index (χ2v) is 10.0. The van der Waals surface area contributed by atoms with E-state index < -0.39 is 11.2 Å². The summed E-state index contributed by atoms with van der Waals surface area (Å²) in [5.74, 6) is 0. The number of nitrogens with zero attached hydrogens (tertiary/aromatic N) is 2. The topological polar surface area (TPSA) is 59.1 Å². The number of likely N-dealkylation sites (tertiary alicyclic amines) is 2. The van der Waals surface area contributed by atoms with E-state index in [4.69, 9.17) is 9.47 Å². The summed E-state index contributed by atoms with van der Waals surface area (Å²) in [6.07, 6.45) is 6.37. The molecule has 2 aliphatic heterocycles. The number of hydrogen-bond donors (Lipinski definition) is 0. The summed E-state index contributed by atoms with van der Waals surface area (Å²) in [6, 6.07) is 0. The fourth-order valence-electron chi connectivity index (χ4n) is 4.05. The van der Waals surface area contributed by atoms with Crippen LogP contribution < -0.4 is 0 Å². The van der Waals surface area contributed by atoms with Gasteiger partial charge in [-0.1, -0.05) is 12.8 Å². The van der Waals surface area contributed by atoms with E-state index in [0.29, 0.717) is 19.6 Å². The highest BCUT2D eigenvalue weighted by Gasteiger charge is 2.45. The van der Waals surface area contributed by atoms with E-state index in [2.05, 4.69) is 0 Å². The molecule has 2 fully saturated rings. The lowest BCUT2D eigenvalue weighted by Gasteiger charge is -2.44. The monoisotopic (exact) mass is 382 g/mol. The van der Waals surface area contributed by atoms with E-state index in [1.165, 1.54) is 0 Å². The van der Waals surface area contributed by atoms with Crippen molar-refractivity contribution in [1.29, 1.82) is 0 Å². The zero-order chi connectivity index (χ0) is 20.3. The highest BCUT2D eigenvalue weighted by atomic mass is 16.6. The van der Waals surface area contributed by atoms with Crippen molar-refractivity contribution < 1.29 is 19.1 Å². The molecule has 2 heterocycles. The fourth-order valence-corrected chi connectivity index (χ4v) is 4.05. The molecule has 0 aromatic carbocycles. The Morgan fingerprint density at radius 1 is 0.741 bits per heavy atom. The van der Waals surface area contributed by atoms with Crippen molar-refractivity contribution in [3.8, 4) is 0 Å². The van der Waals surface area contributed by atoms with Crippen LogP contribution in [0, 0.1) is 0 Å². The maximum Gasteiger partial charge on any atom is 0.410 e. The van der Waals surface area contributed by atoms with Crippen LogP contribution in [0.1, 0.15) is 86.5 Å². The van der Waals surface area contributed by atoms with E-state index >= 15 is 0 Å². The molecule has 0 N–H and O–H groups in total. The van der Waals surface area contributed by atoms with Gasteiger partial charge in [0.1, 0.15) is 11.2 Å². The van der Waals surface area contributed by atoms with Crippen molar-refractivity contribution in [2.75, 3.05) is 19.6 Å². The normalized spacial score (nSPS) is 25.0. The first-order valence-electron chi connectivity index (χ1n) is 10.4. The standard InChI is InChI=1S/C21H38N2O4/c1-19(2,3)26-17(24)22-14-11-9-13-21(16-22)12-8-7-10-15-23(21)18(25)27-20(4,5)6/h7-16H2,1-6H3/t21-/m1/s1. The van der Waals surface area contributed by atoms with E-state index in [-0.39, 0.29) is 17.7 Å². The van der Waals surface area contributed by atoms with Gasteiger partial charge in [-0.2, -0.15) is 0 Å². The second-order valence-electron chi connectivity index (χ2n) is 10.0. The lowest BCUT2D eigenvalue weighted by molar-refractivity contribution is -0.0186. The van der Waals surface area contributed by atoms with E-state index in [1.807, 2.05) is 46.4 Å². The molecule has 6 nitrogen and oxygen atoms in total. The molecule has 2 rings (SSSR count). The molecule has 1 spiro atoms. The van der Waals surface area contributed by atoms with Gasteiger partial charge in [-0.15, -0.1) is 0 Å². The van der Waals surface area contributed by atoms with Gasteiger partial charge < -0.3 is 19.3 Å². The van der Waals surface area contributed by atoms with Crippen LogP contribution in [0.4, 0.5) is 9.59 Å². The average molecular weight is 383 g/mol. The predicted octanol–water partition coefficient (Wildman–Crippen LogP) is 4.96. The molecule has 0 radical (unpaired) electrons. The largest absolute Gasteiger partial charge is 0.444 e. The third-order valence-corrected chi connectivity index (χ3v) is 5.17. The van der Waals surface area contributed by atoms with Gasteiger partial charge in [-0.05, 0) is 73.6 Å². The third-order valence-electron chi connectivity index (χ3n) is 5.17. The molecule has 2 aliphatic rings. The smallest absolute Gasteiger partial charge is 0.410 e. The van der Waals surface area contributed by atoms with Gasteiger partial charge in [-0.25, -0.2) is 9.59 Å². The van der Waals surface area contributed by atoms with Crippen LogP contribution in [0.2, 0.25) is 0 Å². The average Bonchev–Trinajstić information content (AvgIpc) is 2.82. The van der Waals surface area contributed by atoms with Crippen molar-refractivity contribution in [3.63, 3.8) is 0 Å². The van der Waals surface area contributed by atoms with Crippen LogP contribution in [0.5, 0.6) is 0 Å². The first kappa shape index (κ1) is 21.8. The van der Waals surface area contributed by atoms with Gasteiger partial charge in [0.05, 0.1) is 5.54 Å². The highest BCUT2D eigenvalue weighted by molar-refractivity contribution is 5.71. The lowest BCUT2D eigenvalue weighted by atomic mass is 9.87. The first-order chi connectivity index (χ1) is 12.4. The number of rotatable bonds is 0. The summed E-state index contributed by atoms with van der Waals surface area (Å²) >= 11 is 0. The predicted molar refractivity (Wildman–Crippen MR) is 106 cm³/mol. The van der Waals surface area contributed by atoms with Crippen molar-refractivity contribution in [1.82, 2.24) is 9.80 Å². The Morgan fingerprint density at radius 2 is 1.26 bits per heavy atom. The van der Waals surface area contributed by atoms with Crippen molar-refractivity contribution in [3.05, 3.63) is 0 Å². The van der Waals surface area contributed by atoms with Crippen molar-refractivity contribution in [2.45, 2.75) is 103 Å². The molecule has 0 aliphatic carbocycles. The minimum atomic E-state index is -0.528. The van der Waals surface area contributed by atoms with Gasteiger partial charge in [-0.3, -0.25) is 0 Å². The Hall–Kier alpha value is -1.46. The molecule has 6 heteroatoms. The Kier molecular flexibility index (Phi) is 6.69. The van der Waals surface area contributed by atoms with Crippen LogP contribution in [-0.4, -0.2) is 58.4 Å². The van der Waals surface area contributed by atoms with E-state index in [9.17, 15) is 9.59 Å². The maximum absolute atomic E-state index is 13.0. The van der Waals surface area contributed by atoms with E-state index in [1.54, 1.807) is 4.90 Å². The second kappa shape index (κ2) is 8.27. The Labute approximate surface area is 164 Å². The number of ether oxygens (including phenoxy) is 2. The van der Waals surface area contributed by atoms with E-state index in [0.717, 1.165) is 44.9 Å². The highest BCUT2D eigenvalue weighted by Crippen LogP contribution is 2.36. The Bertz CT molecular complexity index is 531. The van der Waals surface area contributed by atoms with Crippen LogP contribution >= 0.6 is 0 Å². The van der Waals surface area contributed by atoms with Gasteiger partial charge in [0, 0.05) is 19.6 Å². The molecule has 0 unspecified atom stereocenters. The number of carbonyl (C=O) groups excluding carboxylic acids is 2. The molecule has 0 bridgehead atoms. The zero-order valence-corrected chi connectivity index (χ0v) is 18.1. The van der Waals surface area contributed by atoms with Crippen molar-refractivity contribution >= 4 is 12.2 Å². The number of amides is 2. The molecule has 0 saturated carbocycles. The molecular weight excluding hydrogens is 344 g/mol. The van der Waals surface area contributed by atoms with Crippen LogP contribution in [-0.2, 0) is 9.47 Å². The summed E-state index contributed by atoms with van der Waals surface area (Å²) in [6.45, 7) is 13.3. The number of carbonyl (C=O) groups is 2. The molecule has 0 aromatic heterocycles. The summed E-state index contributed by atoms with van der Waals surface area (Å²) in [7, 11) is 0. The lowest BCUT2D eigenvalue weighted by Crippen LogP contribution is -2.58. The minimum absolute atomic E-state index is 0.254. The molecule has 156 valence electrons. The molecule has 2 saturated heterocycles. The summed E-state index contributed by atoms with van der Waals surface area (Å²) in [5.41, 5.74) is -1.41. The van der Waals surface area contributed by atoms with Gasteiger partial charge >= 0.3 is 12.2 Å². The van der Waals surface area contributed by atoms with Crippen LogP contribution in [0.15, 0.2) is 0 Å². The molecule has 2 amide bonds. The third kappa shape index (κ3) is 6.28. The fraction of sp³-hybridized carbons (Fsp3) is 0.905. The van der Waals surface area contributed by atoms with Crippen molar-refractivity contribution in [2.24, 2.45) is 0 Å². The van der Waals surface area contributed by atoms with Gasteiger partial charge in [0.25, 0.3) is 0 Å². The molecule has 0 aromatic rings. The summed E-state index contributed by atoms with van der Waals surface area (Å²) in [4.78, 5) is 29.5. The van der Waals surface area contributed by atoms with Crippen LogP contribution in [0.3, 0.4) is 0 Å². The Balaban J connectivity index is 2.26. The molecular formula is C21H38N2O4. The van der Waals surface area contributed by atoms with Gasteiger partial charge in [0.15, 0.2) is 0 Å².